The zero-order valence-electron chi connectivity index (χ0n) is 9.48. The summed E-state index contributed by atoms with van der Waals surface area (Å²) in [4.78, 5) is 0. The SMILES string of the molecule is COc1ccccc1Cc1cc(F)ccc1O. The van der Waals surface area contributed by atoms with Crippen LogP contribution in [-0.2, 0) is 6.42 Å². The highest BCUT2D eigenvalue weighted by Crippen LogP contribution is 2.25. The van der Waals surface area contributed by atoms with E-state index in [1.54, 1.807) is 7.11 Å². The van der Waals surface area contributed by atoms with E-state index in [1.165, 1.54) is 18.2 Å². The molecule has 0 aromatic heterocycles. The molecule has 3 heteroatoms. The van der Waals surface area contributed by atoms with Crippen LogP contribution in [0.25, 0.3) is 0 Å². The van der Waals surface area contributed by atoms with Crippen molar-refractivity contribution in [2.75, 3.05) is 7.11 Å². The van der Waals surface area contributed by atoms with Gasteiger partial charge in [-0.25, -0.2) is 4.39 Å². The minimum absolute atomic E-state index is 0.0947. The monoisotopic (exact) mass is 232 g/mol. The molecule has 0 amide bonds. The second-order valence-corrected chi connectivity index (χ2v) is 3.76. The van der Waals surface area contributed by atoms with Crippen molar-refractivity contribution in [3.8, 4) is 11.5 Å². The molecule has 1 N–H and O–H groups in total. The van der Waals surface area contributed by atoms with Gasteiger partial charge in [0, 0.05) is 12.0 Å². The van der Waals surface area contributed by atoms with Crippen LogP contribution in [0.5, 0.6) is 11.5 Å². The third kappa shape index (κ3) is 2.56. The summed E-state index contributed by atoms with van der Waals surface area (Å²) in [5.41, 5.74) is 1.46. The van der Waals surface area contributed by atoms with Gasteiger partial charge in [0.15, 0.2) is 0 Å². The number of phenolic OH excluding ortho intramolecular Hbond substituents is 1. The zero-order valence-corrected chi connectivity index (χ0v) is 9.48. The van der Waals surface area contributed by atoms with Gasteiger partial charge < -0.3 is 9.84 Å². The predicted molar refractivity (Wildman–Crippen MR) is 63.9 cm³/mol. The van der Waals surface area contributed by atoms with E-state index in [0.29, 0.717) is 12.0 Å². The second kappa shape index (κ2) is 4.87. The van der Waals surface area contributed by atoms with Gasteiger partial charge in [0.25, 0.3) is 0 Å². The Balaban J connectivity index is 2.34. The van der Waals surface area contributed by atoms with E-state index in [-0.39, 0.29) is 11.6 Å². The largest absolute Gasteiger partial charge is 0.508 e. The van der Waals surface area contributed by atoms with Gasteiger partial charge in [0.05, 0.1) is 7.11 Å². The molecule has 0 aliphatic rings. The Morgan fingerprint density at radius 3 is 2.65 bits per heavy atom. The fourth-order valence-electron chi connectivity index (χ4n) is 1.75. The molecule has 2 nitrogen and oxygen atoms in total. The molecule has 2 rings (SSSR count). The maximum absolute atomic E-state index is 13.1. The van der Waals surface area contributed by atoms with E-state index in [2.05, 4.69) is 0 Å². The molecule has 0 bridgehead atoms. The number of hydrogen-bond donors (Lipinski definition) is 1. The molecule has 88 valence electrons. The minimum atomic E-state index is -0.354. The first kappa shape index (κ1) is 11.5. The molecule has 2 aromatic rings. The van der Waals surface area contributed by atoms with E-state index in [4.69, 9.17) is 4.74 Å². The van der Waals surface area contributed by atoms with Crippen molar-refractivity contribution in [3.63, 3.8) is 0 Å². The molecular weight excluding hydrogens is 219 g/mol. The van der Waals surface area contributed by atoms with Gasteiger partial charge in [-0.3, -0.25) is 0 Å². The van der Waals surface area contributed by atoms with E-state index >= 15 is 0 Å². The fourth-order valence-corrected chi connectivity index (χ4v) is 1.75. The Morgan fingerprint density at radius 2 is 1.88 bits per heavy atom. The maximum Gasteiger partial charge on any atom is 0.123 e. The van der Waals surface area contributed by atoms with Gasteiger partial charge in [-0.05, 0) is 29.8 Å². The number of ether oxygens (including phenoxy) is 1. The van der Waals surface area contributed by atoms with Gasteiger partial charge in [-0.2, -0.15) is 0 Å². The van der Waals surface area contributed by atoms with Gasteiger partial charge in [-0.15, -0.1) is 0 Å². The summed E-state index contributed by atoms with van der Waals surface area (Å²) >= 11 is 0. The zero-order chi connectivity index (χ0) is 12.3. The number of rotatable bonds is 3. The van der Waals surface area contributed by atoms with Gasteiger partial charge >= 0.3 is 0 Å². The summed E-state index contributed by atoms with van der Waals surface area (Å²) in [6.07, 6.45) is 0.438. The summed E-state index contributed by atoms with van der Waals surface area (Å²) in [6, 6.07) is 11.4. The van der Waals surface area contributed by atoms with Crippen molar-refractivity contribution in [3.05, 3.63) is 59.4 Å². The lowest BCUT2D eigenvalue weighted by atomic mass is 10.0. The number of para-hydroxylation sites is 1. The van der Waals surface area contributed by atoms with Crippen molar-refractivity contribution in [1.29, 1.82) is 0 Å². The van der Waals surface area contributed by atoms with Crippen LogP contribution < -0.4 is 4.74 Å². The minimum Gasteiger partial charge on any atom is -0.508 e. The van der Waals surface area contributed by atoms with Crippen molar-refractivity contribution in [2.45, 2.75) is 6.42 Å². The van der Waals surface area contributed by atoms with Crippen LogP contribution in [0.15, 0.2) is 42.5 Å². The number of methoxy groups -OCH3 is 1. The lowest BCUT2D eigenvalue weighted by molar-refractivity contribution is 0.410. The molecule has 0 radical (unpaired) electrons. The third-order valence-corrected chi connectivity index (χ3v) is 2.61. The van der Waals surface area contributed by atoms with E-state index in [1.807, 2.05) is 24.3 Å². The Labute approximate surface area is 99.3 Å². The molecule has 0 saturated heterocycles. The van der Waals surface area contributed by atoms with Gasteiger partial charge in [0.1, 0.15) is 17.3 Å². The molecule has 0 aliphatic carbocycles. The van der Waals surface area contributed by atoms with Crippen LogP contribution in [0.4, 0.5) is 4.39 Å². The highest BCUT2D eigenvalue weighted by molar-refractivity contribution is 5.42. The number of benzene rings is 2. The topological polar surface area (TPSA) is 29.5 Å². The molecule has 0 unspecified atom stereocenters. The van der Waals surface area contributed by atoms with Crippen LogP contribution in [-0.4, -0.2) is 12.2 Å². The molecule has 0 aliphatic heterocycles. The Bertz CT molecular complexity index is 523. The Kier molecular flexibility index (Phi) is 3.28. The van der Waals surface area contributed by atoms with Crippen LogP contribution in [0.2, 0.25) is 0 Å². The normalized spacial score (nSPS) is 10.2. The smallest absolute Gasteiger partial charge is 0.123 e. The van der Waals surface area contributed by atoms with Gasteiger partial charge in [-0.1, -0.05) is 18.2 Å². The van der Waals surface area contributed by atoms with E-state index in [0.717, 1.165) is 11.3 Å². The van der Waals surface area contributed by atoms with Crippen molar-refractivity contribution in [2.24, 2.45) is 0 Å². The molecule has 2 aromatic carbocycles. The number of phenols is 1. The first-order valence-corrected chi connectivity index (χ1v) is 5.30. The molecule has 0 spiro atoms. The summed E-state index contributed by atoms with van der Waals surface area (Å²) < 4.78 is 18.3. The average molecular weight is 232 g/mol. The summed E-state index contributed by atoms with van der Waals surface area (Å²) in [5, 5.41) is 9.65. The van der Waals surface area contributed by atoms with E-state index in [9.17, 15) is 9.50 Å². The predicted octanol–water partition coefficient (Wildman–Crippen LogP) is 3.13. The van der Waals surface area contributed by atoms with Crippen LogP contribution in [0.3, 0.4) is 0 Å². The average Bonchev–Trinajstić information content (AvgIpc) is 2.34. The number of halogens is 1. The molecule has 0 heterocycles. The highest BCUT2D eigenvalue weighted by atomic mass is 19.1. The first-order chi connectivity index (χ1) is 8.20. The lowest BCUT2D eigenvalue weighted by Crippen LogP contribution is -1.94. The van der Waals surface area contributed by atoms with Crippen molar-refractivity contribution in [1.82, 2.24) is 0 Å². The summed E-state index contributed by atoms with van der Waals surface area (Å²) in [6.45, 7) is 0. The molecule has 0 atom stereocenters. The highest BCUT2D eigenvalue weighted by Gasteiger charge is 2.07. The lowest BCUT2D eigenvalue weighted by Gasteiger charge is -2.09. The van der Waals surface area contributed by atoms with Crippen LogP contribution >= 0.6 is 0 Å². The molecule has 0 saturated carbocycles. The summed E-state index contributed by atoms with van der Waals surface area (Å²) in [5.74, 6) is 0.473. The van der Waals surface area contributed by atoms with Crippen molar-refractivity contribution < 1.29 is 14.2 Å². The quantitative estimate of drug-likeness (QED) is 0.881. The molecule has 0 fully saturated rings. The summed E-state index contributed by atoms with van der Waals surface area (Å²) in [7, 11) is 1.59. The second-order valence-electron chi connectivity index (χ2n) is 3.76. The number of hydrogen-bond acceptors (Lipinski definition) is 2. The van der Waals surface area contributed by atoms with Gasteiger partial charge in [0.2, 0.25) is 0 Å². The number of aromatic hydroxyl groups is 1. The Hall–Kier alpha value is -2.03. The molecule has 17 heavy (non-hydrogen) atoms. The fraction of sp³-hybridized carbons (Fsp3) is 0.143. The van der Waals surface area contributed by atoms with Crippen molar-refractivity contribution >= 4 is 0 Å². The third-order valence-electron chi connectivity index (χ3n) is 2.61. The van der Waals surface area contributed by atoms with E-state index < -0.39 is 0 Å². The maximum atomic E-state index is 13.1. The standard InChI is InChI=1S/C14H13FO2/c1-17-14-5-3-2-4-10(14)8-11-9-12(15)6-7-13(11)16/h2-7,9,16H,8H2,1H3. The van der Waals surface area contributed by atoms with Crippen LogP contribution in [0.1, 0.15) is 11.1 Å². The molecular formula is C14H13FO2. The Morgan fingerprint density at radius 1 is 1.12 bits per heavy atom. The first-order valence-electron chi connectivity index (χ1n) is 5.30. The van der Waals surface area contributed by atoms with Crippen LogP contribution in [0, 0.1) is 5.82 Å².